The minimum absolute atomic E-state index is 0.0538. The predicted molar refractivity (Wildman–Crippen MR) is 104 cm³/mol. The summed E-state index contributed by atoms with van der Waals surface area (Å²) in [6.45, 7) is 3.91. The van der Waals surface area contributed by atoms with Gasteiger partial charge >= 0.3 is 5.97 Å². The summed E-state index contributed by atoms with van der Waals surface area (Å²) in [6, 6.07) is 13.6. The molecule has 0 spiro atoms. The van der Waals surface area contributed by atoms with Crippen LogP contribution in [-0.2, 0) is 4.74 Å². The third kappa shape index (κ3) is 4.28. The van der Waals surface area contributed by atoms with Crippen LogP contribution in [0.1, 0.15) is 30.4 Å². The lowest BCUT2D eigenvalue weighted by atomic mass is 10.1. The first-order valence-electron chi connectivity index (χ1n) is 8.54. The van der Waals surface area contributed by atoms with Gasteiger partial charge in [-0.15, -0.1) is 0 Å². The highest BCUT2D eigenvalue weighted by atomic mass is 35.5. The first-order chi connectivity index (χ1) is 13.0. The summed E-state index contributed by atoms with van der Waals surface area (Å²) in [6.07, 6.45) is 0. The Balaban J connectivity index is 1.74. The van der Waals surface area contributed by atoms with Gasteiger partial charge in [-0.3, -0.25) is 4.79 Å². The lowest BCUT2D eigenvalue weighted by Crippen LogP contribution is -2.28. The molecule has 3 rings (SSSR count). The summed E-state index contributed by atoms with van der Waals surface area (Å²) >= 11 is 5.82. The van der Waals surface area contributed by atoms with Crippen molar-refractivity contribution in [3.63, 3.8) is 0 Å². The van der Waals surface area contributed by atoms with Crippen LogP contribution in [-0.4, -0.2) is 29.0 Å². The molecule has 0 aliphatic rings. The van der Waals surface area contributed by atoms with E-state index in [1.165, 1.54) is 4.68 Å². The number of aromatic nitrogens is 2. The standard InChI is InChI=1S/C20H19ClN2O4/c1-13(2)23-19(24)17-6-4-3-5-16(17)18(22-23)20(25)27-12-11-26-15-9-7-14(21)8-10-15/h3-10,13H,11-12H2,1-2H3. The van der Waals surface area contributed by atoms with Gasteiger partial charge in [0.15, 0.2) is 5.69 Å². The minimum Gasteiger partial charge on any atom is -0.490 e. The molecule has 6 nitrogen and oxygen atoms in total. The molecule has 0 radical (unpaired) electrons. The SMILES string of the molecule is CC(C)n1nc(C(=O)OCCOc2ccc(Cl)cc2)c2ccccc2c1=O. The molecule has 0 aliphatic carbocycles. The molecular weight excluding hydrogens is 368 g/mol. The van der Waals surface area contributed by atoms with Crippen LogP contribution in [0.2, 0.25) is 5.02 Å². The van der Waals surface area contributed by atoms with Gasteiger partial charge in [0.1, 0.15) is 19.0 Å². The maximum atomic E-state index is 12.5. The van der Waals surface area contributed by atoms with Crippen LogP contribution in [0.4, 0.5) is 0 Å². The summed E-state index contributed by atoms with van der Waals surface area (Å²) in [7, 11) is 0. The van der Waals surface area contributed by atoms with Gasteiger partial charge in [-0.2, -0.15) is 5.10 Å². The Morgan fingerprint density at radius 2 is 1.74 bits per heavy atom. The molecule has 0 N–H and O–H groups in total. The third-order valence-corrected chi connectivity index (χ3v) is 4.16. The maximum absolute atomic E-state index is 12.5. The van der Waals surface area contributed by atoms with Crippen molar-refractivity contribution in [3.8, 4) is 5.75 Å². The lowest BCUT2D eigenvalue weighted by molar-refractivity contribution is 0.0443. The van der Waals surface area contributed by atoms with Crippen LogP contribution >= 0.6 is 11.6 Å². The fraction of sp³-hybridized carbons (Fsp3) is 0.250. The summed E-state index contributed by atoms with van der Waals surface area (Å²) in [5.41, 5.74) is -0.117. The molecule has 7 heteroatoms. The molecule has 0 aliphatic heterocycles. The van der Waals surface area contributed by atoms with E-state index in [9.17, 15) is 9.59 Å². The average Bonchev–Trinajstić information content (AvgIpc) is 2.66. The van der Waals surface area contributed by atoms with Crippen LogP contribution in [0, 0.1) is 0 Å². The smallest absolute Gasteiger partial charge is 0.359 e. The number of benzene rings is 2. The molecular formula is C20H19ClN2O4. The number of nitrogens with zero attached hydrogens (tertiary/aromatic N) is 2. The van der Waals surface area contributed by atoms with Gasteiger partial charge in [0.05, 0.1) is 11.4 Å². The molecule has 0 amide bonds. The third-order valence-electron chi connectivity index (χ3n) is 3.91. The van der Waals surface area contributed by atoms with Gasteiger partial charge in [-0.05, 0) is 44.2 Å². The minimum atomic E-state index is -0.597. The zero-order valence-corrected chi connectivity index (χ0v) is 15.8. The van der Waals surface area contributed by atoms with Gasteiger partial charge in [-0.1, -0.05) is 29.8 Å². The second-order valence-electron chi connectivity index (χ2n) is 6.18. The number of rotatable bonds is 6. The molecule has 0 bridgehead atoms. The molecule has 0 atom stereocenters. The molecule has 0 saturated carbocycles. The van der Waals surface area contributed by atoms with Gasteiger partial charge < -0.3 is 9.47 Å². The largest absolute Gasteiger partial charge is 0.490 e. The van der Waals surface area contributed by atoms with Crippen molar-refractivity contribution in [3.05, 3.63) is 69.6 Å². The van der Waals surface area contributed by atoms with E-state index in [0.29, 0.717) is 21.5 Å². The lowest BCUT2D eigenvalue weighted by Gasteiger charge is -2.13. The van der Waals surface area contributed by atoms with Crippen molar-refractivity contribution in [1.82, 2.24) is 9.78 Å². The van der Waals surface area contributed by atoms with E-state index in [1.807, 2.05) is 13.8 Å². The average molecular weight is 387 g/mol. The summed E-state index contributed by atoms with van der Waals surface area (Å²) in [4.78, 5) is 25.0. The predicted octanol–water partition coefficient (Wildman–Crippen LogP) is 3.87. The summed E-state index contributed by atoms with van der Waals surface area (Å²) < 4.78 is 12.1. The molecule has 0 fully saturated rings. The maximum Gasteiger partial charge on any atom is 0.359 e. The molecule has 2 aromatic carbocycles. The van der Waals surface area contributed by atoms with Crippen molar-refractivity contribution in [2.75, 3.05) is 13.2 Å². The molecule has 0 unspecified atom stereocenters. The van der Waals surface area contributed by atoms with E-state index in [1.54, 1.807) is 48.5 Å². The second-order valence-corrected chi connectivity index (χ2v) is 6.61. The Bertz CT molecular complexity index is 1010. The molecule has 1 heterocycles. The van der Waals surface area contributed by atoms with Gasteiger partial charge in [0.25, 0.3) is 5.56 Å². The first-order valence-corrected chi connectivity index (χ1v) is 8.92. The van der Waals surface area contributed by atoms with E-state index < -0.39 is 5.97 Å². The van der Waals surface area contributed by atoms with Crippen molar-refractivity contribution >= 4 is 28.3 Å². The zero-order chi connectivity index (χ0) is 19.4. The molecule has 27 heavy (non-hydrogen) atoms. The molecule has 3 aromatic rings. The fourth-order valence-corrected chi connectivity index (χ4v) is 2.73. The Morgan fingerprint density at radius 1 is 1.07 bits per heavy atom. The molecule has 0 saturated heterocycles. The normalized spacial score (nSPS) is 11.0. The molecule has 140 valence electrons. The van der Waals surface area contributed by atoms with Crippen molar-refractivity contribution < 1.29 is 14.3 Å². The fourth-order valence-electron chi connectivity index (χ4n) is 2.60. The Labute approximate surface area is 161 Å². The highest BCUT2D eigenvalue weighted by Crippen LogP contribution is 2.17. The first kappa shape index (κ1) is 18.9. The van der Waals surface area contributed by atoms with Crippen LogP contribution in [0.3, 0.4) is 0 Å². The number of carbonyl (C=O) groups excluding carboxylic acids is 1. The van der Waals surface area contributed by atoms with Crippen molar-refractivity contribution in [2.45, 2.75) is 19.9 Å². The monoisotopic (exact) mass is 386 g/mol. The van der Waals surface area contributed by atoms with Gasteiger partial charge in [0, 0.05) is 10.4 Å². The molecule has 1 aromatic heterocycles. The van der Waals surface area contributed by atoms with Crippen LogP contribution in [0.15, 0.2) is 53.3 Å². The number of halogens is 1. The number of carbonyl (C=O) groups is 1. The highest BCUT2D eigenvalue weighted by Gasteiger charge is 2.18. The van der Waals surface area contributed by atoms with E-state index in [-0.39, 0.29) is 30.5 Å². The van der Waals surface area contributed by atoms with Gasteiger partial charge in [-0.25, -0.2) is 9.48 Å². The van der Waals surface area contributed by atoms with E-state index in [4.69, 9.17) is 21.1 Å². The summed E-state index contributed by atoms with van der Waals surface area (Å²) in [5.74, 6) is 0.0349. The number of ether oxygens (including phenoxy) is 2. The van der Waals surface area contributed by atoms with Crippen LogP contribution < -0.4 is 10.3 Å². The Morgan fingerprint density at radius 3 is 2.41 bits per heavy atom. The Hall–Kier alpha value is -2.86. The van der Waals surface area contributed by atoms with E-state index in [2.05, 4.69) is 5.10 Å². The topological polar surface area (TPSA) is 70.4 Å². The zero-order valence-electron chi connectivity index (χ0n) is 15.0. The van der Waals surface area contributed by atoms with Crippen LogP contribution in [0.5, 0.6) is 5.75 Å². The van der Waals surface area contributed by atoms with Crippen LogP contribution in [0.25, 0.3) is 10.8 Å². The summed E-state index contributed by atoms with van der Waals surface area (Å²) in [5, 5.41) is 5.75. The van der Waals surface area contributed by atoms with Crippen molar-refractivity contribution in [2.24, 2.45) is 0 Å². The van der Waals surface area contributed by atoms with E-state index >= 15 is 0 Å². The number of hydrogen-bond donors (Lipinski definition) is 0. The van der Waals surface area contributed by atoms with E-state index in [0.717, 1.165) is 0 Å². The number of esters is 1. The Kier molecular flexibility index (Phi) is 5.76. The highest BCUT2D eigenvalue weighted by molar-refractivity contribution is 6.30. The number of fused-ring (bicyclic) bond motifs is 1. The number of hydrogen-bond acceptors (Lipinski definition) is 5. The van der Waals surface area contributed by atoms with Gasteiger partial charge in [0.2, 0.25) is 0 Å². The quantitative estimate of drug-likeness (QED) is 0.475. The van der Waals surface area contributed by atoms with Crippen molar-refractivity contribution in [1.29, 1.82) is 0 Å². The second kappa shape index (κ2) is 8.22.